The molecule has 19 heavy (non-hydrogen) atoms. The highest BCUT2D eigenvalue weighted by molar-refractivity contribution is 6.04. The molecule has 0 saturated carbocycles. The lowest BCUT2D eigenvalue weighted by atomic mass is 10.2. The zero-order chi connectivity index (χ0) is 13.8. The van der Waals surface area contributed by atoms with Crippen molar-refractivity contribution in [1.82, 2.24) is 4.98 Å². The molecule has 1 amide bonds. The fraction of sp³-hybridized carbons (Fsp3) is 0.0769. The van der Waals surface area contributed by atoms with Gasteiger partial charge in [-0.05, 0) is 24.3 Å². The Labute approximate surface area is 108 Å². The summed E-state index contributed by atoms with van der Waals surface area (Å²) in [7, 11) is 1.42. The number of aromatic nitrogens is 1. The molecule has 2 aromatic rings. The Balaban J connectivity index is 2.20. The van der Waals surface area contributed by atoms with Gasteiger partial charge in [0.2, 0.25) is 5.95 Å². The van der Waals surface area contributed by atoms with Crippen molar-refractivity contribution in [1.29, 1.82) is 0 Å². The number of hydrogen-bond donors (Lipinski definition) is 2. The number of ether oxygens (including phenoxy) is 1. The maximum atomic E-state index is 13.3. The normalized spacial score (nSPS) is 10.0. The standard InChI is InChI=1S/C13H11FN2O3/c1-19-11-5-4-8(7-10(11)17)16-13(18)9-3-2-6-15-12(9)14/h2-7,17H,1H3,(H,16,18). The molecular weight excluding hydrogens is 251 g/mol. The summed E-state index contributed by atoms with van der Waals surface area (Å²) in [5, 5.41) is 12.0. The van der Waals surface area contributed by atoms with Gasteiger partial charge in [0.15, 0.2) is 11.5 Å². The highest BCUT2D eigenvalue weighted by Gasteiger charge is 2.13. The lowest BCUT2D eigenvalue weighted by molar-refractivity contribution is 0.102. The van der Waals surface area contributed by atoms with Crippen LogP contribution in [0.2, 0.25) is 0 Å². The number of anilines is 1. The monoisotopic (exact) mass is 262 g/mol. The lowest BCUT2D eigenvalue weighted by Crippen LogP contribution is -2.14. The number of carbonyl (C=O) groups excluding carboxylic acids is 1. The van der Waals surface area contributed by atoms with E-state index in [0.717, 1.165) is 0 Å². The van der Waals surface area contributed by atoms with Crippen LogP contribution in [0.5, 0.6) is 11.5 Å². The van der Waals surface area contributed by atoms with Crippen molar-refractivity contribution in [2.24, 2.45) is 0 Å². The first kappa shape index (κ1) is 12.8. The van der Waals surface area contributed by atoms with Gasteiger partial charge in [-0.3, -0.25) is 4.79 Å². The number of rotatable bonds is 3. The van der Waals surface area contributed by atoms with Gasteiger partial charge >= 0.3 is 0 Å². The second-order valence-electron chi connectivity index (χ2n) is 3.68. The summed E-state index contributed by atoms with van der Waals surface area (Å²) in [6.45, 7) is 0. The van der Waals surface area contributed by atoms with E-state index in [9.17, 15) is 14.3 Å². The number of pyridine rings is 1. The average Bonchev–Trinajstić information content (AvgIpc) is 2.39. The third-order valence-electron chi connectivity index (χ3n) is 2.44. The van der Waals surface area contributed by atoms with E-state index in [1.54, 1.807) is 0 Å². The predicted octanol–water partition coefficient (Wildman–Crippen LogP) is 2.19. The van der Waals surface area contributed by atoms with Crippen molar-refractivity contribution in [2.75, 3.05) is 12.4 Å². The number of methoxy groups -OCH3 is 1. The van der Waals surface area contributed by atoms with Crippen LogP contribution in [-0.4, -0.2) is 23.1 Å². The van der Waals surface area contributed by atoms with Crippen LogP contribution in [0.4, 0.5) is 10.1 Å². The first-order valence-electron chi connectivity index (χ1n) is 5.40. The van der Waals surface area contributed by atoms with Crippen molar-refractivity contribution < 1.29 is 19.0 Å². The van der Waals surface area contributed by atoms with Crippen molar-refractivity contribution in [3.05, 3.63) is 48.0 Å². The minimum atomic E-state index is -0.849. The summed E-state index contributed by atoms with van der Waals surface area (Å²) in [5.74, 6) is -1.33. The maximum absolute atomic E-state index is 13.3. The summed E-state index contributed by atoms with van der Waals surface area (Å²) >= 11 is 0. The van der Waals surface area contributed by atoms with Crippen LogP contribution in [-0.2, 0) is 0 Å². The largest absolute Gasteiger partial charge is 0.504 e. The molecule has 2 rings (SSSR count). The number of nitrogens with one attached hydrogen (secondary N) is 1. The lowest BCUT2D eigenvalue weighted by Gasteiger charge is -2.08. The minimum Gasteiger partial charge on any atom is -0.504 e. The molecule has 0 spiro atoms. The molecule has 2 N–H and O–H groups in total. The quantitative estimate of drug-likeness (QED) is 0.832. The van der Waals surface area contributed by atoms with E-state index in [0.29, 0.717) is 5.69 Å². The van der Waals surface area contributed by atoms with Crippen LogP contribution >= 0.6 is 0 Å². The third-order valence-corrected chi connectivity index (χ3v) is 2.44. The summed E-state index contributed by atoms with van der Waals surface area (Å²) < 4.78 is 18.2. The summed E-state index contributed by atoms with van der Waals surface area (Å²) in [4.78, 5) is 15.2. The van der Waals surface area contributed by atoms with Gasteiger partial charge in [0.05, 0.1) is 12.7 Å². The second kappa shape index (κ2) is 5.34. The van der Waals surface area contributed by atoms with Crippen LogP contribution in [0.1, 0.15) is 10.4 Å². The molecule has 1 heterocycles. The molecule has 98 valence electrons. The average molecular weight is 262 g/mol. The van der Waals surface area contributed by atoms with Crippen molar-refractivity contribution in [3.8, 4) is 11.5 Å². The van der Waals surface area contributed by atoms with Gasteiger partial charge in [-0.2, -0.15) is 4.39 Å². The van der Waals surface area contributed by atoms with Crippen molar-refractivity contribution in [3.63, 3.8) is 0 Å². The van der Waals surface area contributed by atoms with Gasteiger partial charge in [-0.25, -0.2) is 4.98 Å². The van der Waals surface area contributed by atoms with E-state index < -0.39 is 11.9 Å². The zero-order valence-electron chi connectivity index (χ0n) is 10.1. The fourth-order valence-corrected chi connectivity index (χ4v) is 1.52. The van der Waals surface area contributed by atoms with E-state index in [1.165, 1.54) is 43.6 Å². The molecule has 0 radical (unpaired) electrons. The smallest absolute Gasteiger partial charge is 0.260 e. The molecule has 0 aliphatic carbocycles. The van der Waals surface area contributed by atoms with Gasteiger partial charge in [-0.1, -0.05) is 0 Å². The molecular formula is C13H11FN2O3. The molecule has 1 aromatic carbocycles. The van der Waals surface area contributed by atoms with Gasteiger partial charge in [0, 0.05) is 18.0 Å². The Morgan fingerprint density at radius 1 is 1.42 bits per heavy atom. The predicted molar refractivity (Wildman–Crippen MR) is 66.8 cm³/mol. The van der Waals surface area contributed by atoms with Crippen molar-refractivity contribution >= 4 is 11.6 Å². The van der Waals surface area contributed by atoms with E-state index in [1.807, 2.05) is 0 Å². The summed E-state index contributed by atoms with van der Waals surface area (Å²) in [6, 6.07) is 7.12. The Kier molecular flexibility index (Phi) is 3.61. The first-order valence-corrected chi connectivity index (χ1v) is 5.40. The van der Waals surface area contributed by atoms with Crippen LogP contribution in [0.15, 0.2) is 36.5 Å². The summed E-state index contributed by atoms with van der Waals surface area (Å²) in [6.07, 6.45) is 1.26. The van der Waals surface area contributed by atoms with Gasteiger partial charge in [-0.15, -0.1) is 0 Å². The number of benzene rings is 1. The van der Waals surface area contributed by atoms with Gasteiger partial charge in [0.1, 0.15) is 0 Å². The molecule has 0 atom stereocenters. The number of phenolic OH excluding ortho intramolecular Hbond substituents is 1. The van der Waals surface area contributed by atoms with Gasteiger partial charge in [0.25, 0.3) is 5.91 Å². The number of carbonyl (C=O) groups is 1. The fourth-order valence-electron chi connectivity index (χ4n) is 1.52. The molecule has 0 unspecified atom stereocenters. The number of hydrogen-bond acceptors (Lipinski definition) is 4. The SMILES string of the molecule is COc1ccc(NC(=O)c2cccnc2F)cc1O. The van der Waals surface area contributed by atoms with E-state index in [-0.39, 0.29) is 17.1 Å². The highest BCUT2D eigenvalue weighted by Crippen LogP contribution is 2.28. The molecule has 0 fully saturated rings. The Morgan fingerprint density at radius 2 is 2.21 bits per heavy atom. The van der Waals surface area contributed by atoms with E-state index in [4.69, 9.17) is 4.74 Å². The molecule has 1 aromatic heterocycles. The Hall–Kier alpha value is -2.63. The Bertz CT molecular complexity index is 617. The highest BCUT2D eigenvalue weighted by atomic mass is 19.1. The van der Waals surface area contributed by atoms with Crippen LogP contribution in [0.25, 0.3) is 0 Å². The first-order chi connectivity index (χ1) is 9.11. The molecule has 0 aliphatic rings. The minimum absolute atomic E-state index is 0.119. The van der Waals surface area contributed by atoms with Crippen molar-refractivity contribution in [2.45, 2.75) is 0 Å². The molecule has 0 aliphatic heterocycles. The van der Waals surface area contributed by atoms with E-state index >= 15 is 0 Å². The molecule has 5 nitrogen and oxygen atoms in total. The van der Waals surface area contributed by atoms with Crippen LogP contribution in [0, 0.1) is 5.95 Å². The summed E-state index contributed by atoms with van der Waals surface area (Å²) in [5.41, 5.74) is 0.157. The second-order valence-corrected chi connectivity index (χ2v) is 3.68. The maximum Gasteiger partial charge on any atom is 0.260 e. The van der Waals surface area contributed by atoms with E-state index in [2.05, 4.69) is 10.3 Å². The third kappa shape index (κ3) is 2.79. The van der Waals surface area contributed by atoms with Crippen LogP contribution in [0.3, 0.4) is 0 Å². The van der Waals surface area contributed by atoms with Crippen LogP contribution < -0.4 is 10.1 Å². The number of halogens is 1. The molecule has 0 saturated heterocycles. The number of nitrogens with zero attached hydrogens (tertiary/aromatic N) is 1. The molecule has 0 bridgehead atoms. The Morgan fingerprint density at radius 3 is 2.84 bits per heavy atom. The topological polar surface area (TPSA) is 71.5 Å². The number of amides is 1. The number of aromatic hydroxyl groups is 1. The number of phenols is 1. The van der Waals surface area contributed by atoms with Gasteiger partial charge < -0.3 is 15.2 Å². The molecule has 6 heteroatoms. The zero-order valence-corrected chi connectivity index (χ0v) is 10.1.